The van der Waals surface area contributed by atoms with Crippen LogP contribution in [0, 0.1) is 12.7 Å². The molecule has 0 aromatic heterocycles. The van der Waals surface area contributed by atoms with Crippen molar-refractivity contribution in [1.29, 1.82) is 0 Å². The molecule has 0 aliphatic carbocycles. The summed E-state index contributed by atoms with van der Waals surface area (Å²) >= 11 is 0. The number of hydrogen-bond donors (Lipinski definition) is 3. The number of sulfonamides is 1. The smallest absolute Gasteiger partial charge is 0.213 e. The molecule has 1 atom stereocenters. The third-order valence-corrected chi connectivity index (χ3v) is 5.67. The predicted octanol–water partition coefficient (Wildman–Crippen LogP) is 3.49. The predicted molar refractivity (Wildman–Crippen MR) is 131 cm³/mol. The third kappa shape index (κ3) is 8.97. The molecule has 2 aromatic carbocycles. The highest BCUT2D eigenvalue weighted by Crippen LogP contribution is 2.16. The van der Waals surface area contributed by atoms with Gasteiger partial charge in [0.15, 0.2) is 5.96 Å². The molecule has 0 heterocycles. The molecule has 0 saturated heterocycles. The van der Waals surface area contributed by atoms with E-state index in [0.717, 1.165) is 11.1 Å². The highest BCUT2D eigenvalue weighted by molar-refractivity contribution is 14.0. The fraction of sp³-hybridized carbons (Fsp3) is 0.381. The number of guanidine groups is 1. The first-order valence-electron chi connectivity index (χ1n) is 9.63. The van der Waals surface area contributed by atoms with Gasteiger partial charge in [0, 0.05) is 13.1 Å². The Morgan fingerprint density at radius 1 is 1.17 bits per heavy atom. The lowest BCUT2D eigenvalue weighted by molar-refractivity contribution is 0.581. The number of nitrogens with zero attached hydrogens (tertiary/aromatic N) is 1. The van der Waals surface area contributed by atoms with Crippen molar-refractivity contribution in [2.75, 3.05) is 18.8 Å². The lowest BCUT2D eigenvalue weighted by atomic mass is 10.1. The summed E-state index contributed by atoms with van der Waals surface area (Å²) in [4.78, 5) is 4.34. The van der Waals surface area contributed by atoms with Gasteiger partial charge in [0.05, 0.1) is 18.3 Å². The average Bonchev–Trinajstić information content (AvgIpc) is 2.69. The molecule has 2 aromatic rings. The first-order chi connectivity index (χ1) is 13.8. The van der Waals surface area contributed by atoms with Crippen molar-refractivity contribution in [2.24, 2.45) is 4.99 Å². The number of nitrogens with one attached hydrogen (secondary N) is 3. The van der Waals surface area contributed by atoms with E-state index in [9.17, 15) is 12.8 Å². The van der Waals surface area contributed by atoms with Crippen LogP contribution in [0.5, 0.6) is 0 Å². The minimum atomic E-state index is -3.44. The Morgan fingerprint density at radius 3 is 2.50 bits per heavy atom. The van der Waals surface area contributed by atoms with E-state index in [1.54, 1.807) is 13.0 Å². The molecule has 0 saturated carbocycles. The summed E-state index contributed by atoms with van der Waals surface area (Å²) in [5.74, 6) is 0.108. The van der Waals surface area contributed by atoms with Crippen molar-refractivity contribution in [3.63, 3.8) is 0 Å². The van der Waals surface area contributed by atoms with E-state index >= 15 is 0 Å². The van der Waals surface area contributed by atoms with Crippen LogP contribution in [-0.2, 0) is 16.6 Å². The van der Waals surface area contributed by atoms with E-state index in [-0.39, 0.29) is 54.7 Å². The maximum Gasteiger partial charge on any atom is 0.213 e. The fourth-order valence-electron chi connectivity index (χ4n) is 2.63. The van der Waals surface area contributed by atoms with E-state index < -0.39 is 10.0 Å². The van der Waals surface area contributed by atoms with Crippen molar-refractivity contribution in [1.82, 2.24) is 15.4 Å². The number of hydrogen-bond acceptors (Lipinski definition) is 3. The van der Waals surface area contributed by atoms with Gasteiger partial charge in [-0.3, -0.25) is 4.99 Å². The monoisotopic (exact) mass is 548 g/mol. The van der Waals surface area contributed by atoms with E-state index in [1.165, 1.54) is 6.07 Å². The number of halogens is 2. The zero-order chi connectivity index (χ0) is 21.3. The van der Waals surface area contributed by atoms with Gasteiger partial charge in [-0.05, 0) is 43.5 Å². The van der Waals surface area contributed by atoms with Gasteiger partial charge in [0.25, 0.3) is 0 Å². The summed E-state index contributed by atoms with van der Waals surface area (Å²) in [7, 11) is -3.44. The molecule has 3 N–H and O–H groups in total. The molecular formula is C21H30FIN4O2S. The zero-order valence-electron chi connectivity index (χ0n) is 17.5. The molecule has 1 unspecified atom stereocenters. The lowest BCUT2D eigenvalue weighted by Crippen LogP contribution is -2.39. The SMILES string of the molecule is CCNC(=NCCS(=O)(=O)NCc1ccccc1)NC(C)c1ccc(C)c(F)c1.I. The molecule has 0 amide bonds. The average molecular weight is 548 g/mol. The highest BCUT2D eigenvalue weighted by Gasteiger charge is 2.12. The maximum atomic E-state index is 13.8. The van der Waals surface area contributed by atoms with E-state index in [4.69, 9.17) is 0 Å². The molecule has 0 radical (unpaired) electrons. The van der Waals surface area contributed by atoms with Crippen molar-refractivity contribution >= 4 is 40.0 Å². The fourth-order valence-corrected chi connectivity index (χ4v) is 3.49. The van der Waals surface area contributed by atoms with Crippen molar-refractivity contribution in [3.8, 4) is 0 Å². The molecule has 30 heavy (non-hydrogen) atoms. The Bertz CT molecular complexity index is 924. The molecular weight excluding hydrogens is 518 g/mol. The van der Waals surface area contributed by atoms with Crippen LogP contribution in [0.25, 0.3) is 0 Å². The van der Waals surface area contributed by atoms with Gasteiger partial charge in [-0.25, -0.2) is 17.5 Å². The Morgan fingerprint density at radius 2 is 1.87 bits per heavy atom. The van der Waals surface area contributed by atoms with Gasteiger partial charge in [0.1, 0.15) is 5.82 Å². The van der Waals surface area contributed by atoms with Gasteiger partial charge in [-0.2, -0.15) is 0 Å². The normalized spacial score (nSPS) is 12.7. The van der Waals surface area contributed by atoms with Crippen LogP contribution in [0.2, 0.25) is 0 Å². The molecule has 0 aliphatic heterocycles. The van der Waals surface area contributed by atoms with Gasteiger partial charge in [0.2, 0.25) is 10.0 Å². The quantitative estimate of drug-likeness (QED) is 0.255. The molecule has 0 fully saturated rings. The number of benzene rings is 2. The van der Waals surface area contributed by atoms with E-state index in [0.29, 0.717) is 18.1 Å². The first-order valence-corrected chi connectivity index (χ1v) is 11.3. The van der Waals surface area contributed by atoms with Gasteiger partial charge < -0.3 is 10.6 Å². The second kappa shape index (κ2) is 12.9. The molecule has 0 spiro atoms. The number of aliphatic imine (C=N–C) groups is 1. The third-order valence-electron chi connectivity index (χ3n) is 4.36. The Kier molecular flexibility index (Phi) is 11.3. The summed E-state index contributed by atoms with van der Waals surface area (Å²) < 4.78 is 40.8. The van der Waals surface area contributed by atoms with Gasteiger partial charge in [-0.1, -0.05) is 42.5 Å². The topological polar surface area (TPSA) is 82.6 Å². The van der Waals surface area contributed by atoms with Crippen LogP contribution in [0.1, 0.15) is 36.6 Å². The molecule has 6 nitrogen and oxygen atoms in total. The van der Waals surface area contributed by atoms with Crippen molar-refractivity contribution in [2.45, 2.75) is 33.4 Å². The first kappa shape index (κ1) is 26.3. The second-order valence-corrected chi connectivity index (χ2v) is 8.69. The number of rotatable bonds is 9. The van der Waals surface area contributed by atoms with Crippen LogP contribution in [-0.4, -0.2) is 33.2 Å². The van der Waals surface area contributed by atoms with Gasteiger partial charge >= 0.3 is 0 Å². The standard InChI is InChI=1S/C21H29FN4O2S.HI/c1-4-23-21(26-17(3)19-11-10-16(2)20(22)14-19)24-12-13-29(27,28)25-15-18-8-6-5-7-9-18;/h5-11,14,17,25H,4,12-13,15H2,1-3H3,(H2,23,24,26);1H. The summed E-state index contributed by atoms with van der Waals surface area (Å²) in [6, 6.07) is 14.2. The van der Waals surface area contributed by atoms with Gasteiger partial charge in [-0.15, -0.1) is 24.0 Å². The van der Waals surface area contributed by atoms with Crippen molar-refractivity contribution in [3.05, 3.63) is 71.0 Å². The second-order valence-electron chi connectivity index (χ2n) is 6.76. The lowest BCUT2D eigenvalue weighted by Gasteiger charge is -2.18. The minimum Gasteiger partial charge on any atom is -0.357 e. The zero-order valence-corrected chi connectivity index (χ0v) is 20.6. The Hall–Kier alpha value is -1.72. The molecule has 2 rings (SSSR count). The highest BCUT2D eigenvalue weighted by atomic mass is 127. The summed E-state index contributed by atoms with van der Waals surface area (Å²) in [5.41, 5.74) is 2.28. The van der Waals surface area contributed by atoms with Crippen LogP contribution in [0.4, 0.5) is 4.39 Å². The van der Waals surface area contributed by atoms with Crippen molar-refractivity contribution < 1.29 is 12.8 Å². The molecule has 0 aliphatic rings. The largest absolute Gasteiger partial charge is 0.357 e. The number of aryl methyl sites for hydroxylation is 1. The Balaban J connectivity index is 0.00000450. The minimum absolute atomic E-state index is 0. The molecule has 166 valence electrons. The summed E-state index contributed by atoms with van der Waals surface area (Å²) in [5, 5.41) is 6.27. The summed E-state index contributed by atoms with van der Waals surface area (Å²) in [6.07, 6.45) is 0. The molecule has 9 heteroatoms. The summed E-state index contributed by atoms with van der Waals surface area (Å²) in [6.45, 7) is 6.52. The molecule has 0 bridgehead atoms. The van der Waals surface area contributed by atoms with E-state index in [1.807, 2.05) is 50.2 Å². The van der Waals surface area contributed by atoms with E-state index in [2.05, 4.69) is 20.3 Å². The van der Waals surface area contributed by atoms with Crippen LogP contribution >= 0.6 is 24.0 Å². The van der Waals surface area contributed by atoms with Crippen LogP contribution in [0.15, 0.2) is 53.5 Å². The Labute approximate surface area is 195 Å². The van der Waals surface area contributed by atoms with Crippen LogP contribution in [0.3, 0.4) is 0 Å². The van der Waals surface area contributed by atoms with Crippen LogP contribution < -0.4 is 15.4 Å². The maximum absolute atomic E-state index is 13.8.